The Labute approximate surface area is 165 Å². The molecule has 0 unspecified atom stereocenters. The minimum atomic E-state index is 0.0936. The first-order valence-electron chi connectivity index (χ1n) is 9.73. The number of fused-ring (bicyclic) bond motifs is 4. The van der Waals surface area contributed by atoms with E-state index in [0.29, 0.717) is 17.7 Å². The van der Waals surface area contributed by atoms with Crippen LogP contribution in [-0.2, 0) is 11.2 Å². The first-order valence-corrected chi connectivity index (χ1v) is 10.6. The SMILES string of the molecule is COCCN1C[C@H]2CC[C@@H]1CN(C(=O)c1csc(Cc3ccccc3)n1)C2. The van der Waals surface area contributed by atoms with Gasteiger partial charge in [-0.2, -0.15) is 0 Å². The summed E-state index contributed by atoms with van der Waals surface area (Å²) >= 11 is 1.59. The average Bonchev–Trinajstić information content (AvgIpc) is 2.96. The van der Waals surface area contributed by atoms with E-state index >= 15 is 0 Å². The van der Waals surface area contributed by atoms with Gasteiger partial charge < -0.3 is 9.64 Å². The number of hydrogen-bond donors (Lipinski definition) is 0. The van der Waals surface area contributed by atoms with Crippen LogP contribution in [0.3, 0.4) is 0 Å². The summed E-state index contributed by atoms with van der Waals surface area (Å²) in [6.45, 7) is 4.45. The Bertz CT molecular complexity index is 764. The summed E-state index contributed by atoms with van der Waals surface area (Å²) in [6, 6.07) is 10.7. The normalized spacial score (nSPS) is 22.8. The van der Waals surface area contributed by atoms with Crippen LogP contribution < -0.4 is 0 Å². The van der Waals surface area contributed by atoms with E-state index in [1.165, 1.54) is 18.4 Å². The molecule has 3 saturated heterocycles. The van der Waals surface area contributed by atoms with Gasteiger partial charge in [-0.3, -0.25) is 9.69 Å². The van der Waals surface area contributed by atoms with Gasteiger partial charge in [0, 0.05) is 51.1 Å². The zero-order valence-electron chi connectivity index (χ0n) is 15.8. The molecular weight excluding hydrogens is 358 g/mol. The first kappa shape index (κ1) is 18.6. The zero-order valence-corrected chi connectivity index (χ0v) is 16.7. The van der Waals surface area contributed by atoms with Crippen molar-refractivity contribution in [2.45, 2.75) is 25.3 Å². The van der Waals surface area contributed by atoms with E-state index in [-0.39, 0.29) is 5.91 Å². The zero-order chi connectivity index (χ0) is 18.6. The number of ether oxygens (including phenoxy) is 1. The quantitative estimate of drug-likeness (QED) is 0.767. The van der Waals surface area contributed by atoms with Gasteiger partial charge in [-0.15, -0.1) is 11.3 Å². The van der Waals surface area contributed by atoms with E-state index in [9.17, 15) is 4.79 Å². The highest BCUT2D eigenvalue weighted by molar-refractivity contribution is 7.09. The molecule has 0 saturated carbocycles. The molecule has 0 N–H and O–H groups in total. The van der Waals surface area contributed by atoms with Crippen LogP contribution in [0.25, 0.3) is 0 Å². The molecule has 0 spiro atoms. The highest BCUT2D eigenvalue weighted by Crippen LogP contribution is 2.29. The third kappa shape index (κ3) is 4.39. The topological polar surface area (TPSA) is 45.7 Å². The summed E-state index contributed by atoms with van der Waals surface area (Å²) in [5.74, 6) is 0.656. The molecule has 1 aromatic heterocycles. The van der Waals surface area contributed by atoms with Crippen LogP contribution >= 0.6 is 11.3 Å². The van der Waals surface area contributed by atoms with E-state index < -0.39 is 0 Å². The Hall–Kier alpha value is -1.76. The molecule has 2 bridgehead atoms. The number of benzene rings is 1. The molecule has 6 heteroatoms. The van der Waals surface area contributed by atoms with Gasteiger partial charge in [0.15, 0.2) is 0 Å². The molecule has 3 aliphatic heterocycles. The van der Waals surface area contributed by atoms with E-state index in [4.69, 9.17) is 4.74 Å². The number of carbonyl (C=O) groups is 1. The molecule has 2 atom stereocenters. The monoisotopic (exact) mass is 385 g/mol. The lowest BCUT2D eigenvalue weighted by Gasteiger charge is -2.35. The minimum Gasteiger partial charge on any atom is -0.383 e. The van der Waals surface area contributed by atoms with Crippen molar-refractivity contribution in [1.82, 2.24) is 14.8 Å². The van der Waals surface area contributed by atoms with Crippen LogP contribution in [0.4, 0.5) is 0 Å². The summed E-state index contributed by atoms with van der Waals surface area (Å²) in [5, 5.41) is 2.93. The summed E-state index contributed by atoms with van der Waals surface area (Å²) in [7, 11) is 1.75. The number of piperidine rings is 1. The van der Waals surface area contributed by atoms with Crippen molar-refractivity contribution in [3.8, 4) is 0 Å². The minimum absolute atomic E-state index is 0.0936. The van der Waals surface area contributed by atoms with Crippen LogP contribution in [0.5, 0.6) is 0 Å². The lowest BCUT2D eigenvalue weighted by atomic mass is 9.95. The maximum Gasteiger partial charge on any atom is 0.273 e. The van der Waals surface area contributed by atoms with Gasteiger partial charge in [0.2, 0.25) is 0 Å². The Balaban J connectivity index is 1.42. The molecule has 1 aromatic carbocycles. The number of carbonyl (C=O) groups excluding carboxylic acids is 1. The lowest BCUT2D eigenvalue weighted by Crippen LogP contribution is -2.45. The fourth-order valence-electron chi connectivity index (χ4n) is 4.25. The second kappa shape index (κ2) is 8.50. The van der Waals surface area contributed by atoms with Crippen LogP contribution in [0.15, 0.2) is 35.7 Å². The van der Waals surface area contributed by atoms with Gasteiger partial charge in [-0.25, -0.2) is 4.98 Å². The maximum absolute atomic E-state index is 13.1. The fraction of sp³-hybridized carbons (Fsp3) is 0.524. The highest BCUT2D eigenvalue weighted by atomic mass is 32.1. The predicted molar refractivity (Wildman–Crippen MR) is 107 cm³/mol. The van der Waals surface area contributed by atoms with E-state index in [1.54, 1.807) is 18.4 Å². The molecule has 5 rings (SSSR count). The van der Waals surface area contributed by atoms with Crippen LogP contribution in [-0.4, -0.2) is 66.6 Å². The standard InChI is InChI=1S/C21H27N3O2S/c1-26-10-9-23-12-17-7-8-18(23)14-24(13-17)21(25)19-15-27-20(22-19)11-16-5-3-2-4-6-16/h2-6,15,17-18H,7-14H2,1H3/t17-,18-/m1/s1. The number of nitrogens with zero attached hydrogens (tertiary/aromatic N) is 3. The second-order valence-electron chi connectivity index (χ2n) is 7.58. The summed E-state index contributed by atoms with van der Waals surface area (Å²) < 4.78 is 5.26. The molecule has 0 radical (unpaired) electrons. The third-order valence-electron chi connectivity index (χ3n) is 5.67. The van der Waals surface area contributed by atoms with Gasteiger partial charge in [-0.1, -0.05) is 30.3 Å². The van der Waals surface area contributed by atoms with Gasteiger partial charge >= 0.3 is 0 Å². The first-order chi connectivity index (χ1) is 13.2. The Morgan fingerprint density at radius 1 is 1.22 bits per heavy atom. The number of rotatable bonds is 6. The van der Waals surface area contributed by atoms with Crippen molar-refractivity contribution in [3.05, 3.63) is 52.0 Å². The molecule has 3 aliphatic rings. The molecule has 2 aromatic rings. The molecule has 27 heavy (non-hydrogen) atoms. The Morgan fingerprint density at radius 2 is 2.07 bits per heavy atom. The van der Waals surface area contributed by atoms with Crippen LogP contribution in [0.2, 0.25) is 0 Å². The number of amides is 1. The molecule has 3 fully saturated rings. The van der Waals surface area contributed by atoms with Gasteiger partial charge in [0.05, 0.1) is 11.6 Å². The van der Waals surface area contributed by atoms with Crippen molar-refractivity contribution in [1.29, 1.82) is 0 Å². The number of hydrogen-bond acceptors (Lipinski definition) is 5. The third-order valence-corrected chi connectivity index (χ3v) is 6.51. The number of thiazole rings is 1. The van der Waals surface area contributed by atoms with E-state index in [2.05, 4.69) is 22.0 Å². The summed E-state index contributed by atoms with van der Waals surface area (Å²) in [5.41, 5.74) is 1.84. The highest BCUT2D eigenvalue weighted by Gasteiger charge is 2.36. The number of methoxy groups -OCH3 is 1. The van der Waals surface area contributed by atoms with Crippen LogP contribution in [0.1, 0.15) is 33.9 Å². The van der Waals surface area contributed by atoms with Crippen LogP contribution in [0, 0.1) is 5.92 Å². The summed E-state index contributed by atoms with van der Waals surface area (Å²) in [4.78, 5) is 22.3. The fourth-order valence-corrected chi connectivity index (χ4v) is 5.05. The predicted octanol–water partition coefficient (Wildman–Crippen LogP) is 2.92. The van der Waals surface area contributed by atoms with Crippen molar-refractivity contribution in [3.63, 3.8) is 0 Å². The molecule has 4 heterocycles. The summed E-state index contributed by atoms with van der Waals surface area (Å²) in [6.07, 6.45) is 3.18. The van der Waals surface area contributed by atoms with Gasteiger partial charge in [-0.05, 0) is 24.3 Å². The van der Waals surface area contributed by atoms with E-state index in [0.717, 1.165) is 44.2 Å². The molecule has 5 nitrogen and oxygen atoms in total. The van der Waals surface area contributed by atoms with Gasteiger partial charge in [0.25, 0.3) is 5.91 Å². The van der Waals surface area contributed by atoms with Crippen molar-refractivity contribution >= 4 is 17.2 Å². The van der Waals surface area contributed by atoms with Crippen molar-refractivity contribution in [2.24, 2.45) is 5.92 Å². The van der Waals surface area contributed by atoms with Crippen molar-refractivity contribution in [2.75, 3.05) is 39.9 Å². The Morgan fingerprint density at radius 3 is 2.89 bits per heavy atom. The maximum atomic E-state index is 13.1. The molecule has 1 amide bonds. The lowest BCUT2D eigenvalue weighted by molar-refractivity contribution is 0.0713. The average molecular weight is 386 g/mol. The van der Waals surface area contributed by atoms with Crippen molar-refractivity contribution < 1.29 is 9.53 Å². The molecular formula is C21H27N3O2S. The van der Waals surface area contributed by atoms with Gasteiger partial charge in [0.1, 0.15) is 5.69 Å². The number of aromatic nitrogens is 1. The molecule has 0 aliphatic carbocycles. The Kier molecular flexibility index (Phi) is 5.86. The largest absolute Gasteiger partial charge is 0.383 e. The second-order valence-corrected chi connectivity index (χ2v) is 8.53. The molecule has 144 valence electrons. The smallest absolute Gasteiger partial charge is 0.273 e. The van der Waals surface area contributed by atoms with E-state index in [1.807, 2.05) is 28.5 Å².